The van der Waals surface area contributed by atoms with Gasteiger partial charge >= 0.3 is 0 Å². The maximum absolute atomic E-state index is 11.0. The van der Waals surface area contributed by atoms with Gasteiger partial charge < -0.3 is 10.3 Å². The molecule has 0 aromatic carbocycles. The number of rotatable bonds is 1. The Morgan fingerprint density at radius 1 is 1.73 bits per heavy atom. The smallest absolute Gasteiger partial charge is 0.250 e. The lowest BCUT2D eigenvalue weighted by atomic mass is 10.3. The summed E-state index contributed by atoms with van der Waals surface area (Å²) < 4.78 is 2.38. The van der Waals surface area contributed by atoms with Crippen LogP contribution in [-0.4, -0.2) is 4.57 Å². The minimum absolute atomic E-state index is 0.0337. The first-order valence-electron chi connectivity index (χ1n) is 3.20. The summed E-state index contributed by atoms with van der Waals surface area (Å²) in [7, 11) is 1.70. The molecule has 11 heavy (non-hydrogen) atoms. The van der Waals surface area contributed by atoms with Crippen molar-refractivity contribution in [1.29, 1.82) is 0 Å². The summed E-state index contributed by atoms with van der Waals surface area (Å²) in [5, 5.41) is 0. The van der Waals surface area contributed by atoms with E-state index in [-0.39, 0.29) is 5.56 Å². The van der Waals surface area contributed by atoms with Crippen LogP contribution in [0.25, 0.3) is 0 Å². The lowest BCUT2D eigenvalue weighted by Gasteiger charge is -2.02. The number of hydrogen-bond donors (Lipinski definition) is 1. The third-order valence-electron chi connectivity index (χ3n) is 1.48. The van der Waals surface area contributed by atoms with Crippen molar-refractivity contribution in [3.8, 4) is 0 Å². The van der Waals surface area contributed by atoms with Gasteiger partial charge in [0.25, 0.3) is 5.56 Å². The van der Waals surface area contributed by atoms with Crippen molar-refractivity contribution in [3.05, 3.63) is 32.7 Å². The van der Waals surface area contributed by atoms with E-state index >= 15 is 0 Å². The van der Waals surface area contributed by atoms with Gasteiger partial charge in [-0.2, -0.15) is 0 Å². The number of pyridine rings is 1. The lowest BCUT2D eigenvalue weighted by molar-refractivity contribution is 0.841. The average molecular weight is 217 g/mol. The molecule has 0 aliphatic rings. The Kier molecular flexibility index (Phi) is 2.46. The number of aryl methyl sites for hydroxylation is 1. The third kappa shape index (κ3) is 1.70. The van der Waals surface area contributed by atoms with Crippen LogP contribution in [0.2, 0.25) is 0 Å². The Hall–Kier alpha value is -0.610. The molecule has 1 rings (SSSR count). The highest BCUT2D eigenvalue weighted by Crippen LogP contribution is 2.12. The van der Waals surface area contributed by atoms with Gasteiger partial charge in [-0.1, -0.05) is 0 Å². The van der Waals surface area contributed by atoms with Crippen molar-refractivity contribution in [2.45, 2.75) is 6.54 Å². The van der Waals surface area contributed by atoms with Crippen LogP contribution in [0.15, 0.2) is 21.5 Å². The van der Waals surface area contributed by atoms with Crippen LogP contribution in [0.3, 0.4) is 0 Å². The number of aromatic nitrogens is 1. The molecule has 0 amide bonds. The van der Waals surface area contributed by atoms with Crippen LogP contribution < -0.4 is 11.3 Å². The molecule has 3 nitrogen and oxygen atoms in total. The number of nitrogens with zero attached hydrogens (tertiary/aromatic N) is 1. The molecule has 0 aliphatic heterocycles. The van der Waals surface area contributed by atoms with E-state index in [4.69, 9.17) is 5.73 Å². The minimum atomic E-state index is -0.0337. The Balaban J connectivity index is 3.32. The van der Waals surface area contributed by atoms with Gasteiger partial charge in [0.1, 0.15) is 0 Å². The molecule has 2 N–H and O–H groups in total. The monoisotopic (exact) mass is 216 g/mol. The van der Waals surface area contributed by atoms with Crippen LogP contribution >= 0.6 is 15.9 Å². The van der Waals surface area contributed by atoms with E-state index < -0.39 is 0 Å². The number of hydrogen-bond acceptors (Lipinski definition) is 2. The fourth-order valence-electron chi connectivity index (χ4n) is 0.793. The van der Waals surface area contributed by atoms with E-state index in [1.54, 1.807) is 13.2 Å². The fourth-order valence-corrected chi connectivity index (χ4v) is 1.38. The normalized spacial score (nSPS) is 10.1. The highest BCUT2D eigenvalue weighted by atomic mass is 79.9. The van der Waals surface area contributed by atoms with E-state index in [0.29, 0.717) is 6.54 Å². The van der Waals surface area contributed by atoms with Gasteiger partial charge in [0.2, 0.25) is 0 Å². The Morgan fingerprint density at radius 2 is 2.36 bits per heavy atom. The second kappa shape index (κ2) is 3.19. The summed E-state index contributed by atoms with van der Waals surface area (Å²) >= 11 is 3.30. The second-order valence-corrected chi connectivity index (χ2v) is 3.15. The van der Waals surface area contributed by atoms with Gasteiger partial charge in [-0.05, 0) is 21.5 Å². The SMILES string of the molecule is Cn1cc(Br)c(CN)cc1=O. The molecular formula is C7H9BrN2O. The lowest BCUT2D eigenvalue weighted by Crippen LogP contribution is -2.17. The molecule has 1 heterocycles. The summed E-state index contributed by atoms with van der Waals surface area (Å²) in [6.45, 7) is 0.386. The molecule has 0 unspecified atom stereocenters. The van der Waals surface area contributed by atoms with Crippen LogP contribution in [0, 0.1) is 0 Å². The molecule has 0 atom stereocenters. The van der Waals surface area contributed by atoms with E-state index in [1.807, 2.05) is 0 Å². The van der Waals surface area contributed by atoms with Crippen molar-refractivity contribution in [3.63, 3.8) is 0 Å². The van der Waals surface area contributed by atoms with E-state index in [1.165, 1.54) is 10.6 Å². The summed E-state index contributed by atoms with van der Waals surface area (Å²) in [4.78, 5) is 11.0. The summed E-state index contributed by atoms with van der Waals surface area (Å²) in [6.07, 6.45) is 1.71. The zero-order valence-electron chi connectivity index (χ0n) is 6.17. The van der Waals surface area contributed by atoms with E-state index in [0.717, 1.165) is 10.0 Å². The maximum atomic E-state index is 11.0. The standard InChI is InChI=1S/C7H9BrN2O/c1-10-4-6(8)5(3-9)2-7(10)11/h2,4H,3,9H2,1H3. The second-order valence-electron chi connectivity index (χ2n) is 2.30. The molecule has 0 aliphatic carbocycles. The molecule has 0 bridgehead atoms. The van der Waals surface area contributed by atoms with Crippen molar-refractivity contribution < 1.29 is 0 Å². The molecule has 0 saturated carbocycles. The predicted octanol–water partition coefficient (Wildman–Crippen LogP) is 0.607. The molecule has 1 aromatic heterocycles. The minimum Gasteiger partial charge on any atom is -0.326 e. The molecule has 60 valence electrons. The highest BCUT2D eigenvalue weighted by molar-refractivity contribution is 9.10. The largest absolute Gasteiger partial charge is 0.326 e. The third-order valence-corrected chi connectivity index (χ3v) is 2.19. The Bertz CT molecular complexity index is 319. The summed E-state index contributed by atoms with van der Waals surface area (Å²) in [6, 6.07) is 1.53. The molecule has 0 radical (unpaired) electrons. The molecule has 0 spiro atoms. The molecular weight excluding hydrogens is 208 g/mol. The first kappa shape index (κ1) is 8.49. The summed E-state index contributed by atoms with van der Waals surface area (Å²) in [5.41, 5.74) is 6.20. The van der Waals surface area contributed by atoms with Crippen molar-refractivity contribution in [2.75, 3.05) is 0 Å². The van der Waals surface area contributed by atoms with Crippen LogP contribution in [0.1, 0.15) is 5.56 Å². The topological polar surface area (TPSA) is 48.0 Å². The molecule has 1 aromatic rings. The van der Waals surface area contributed by atoms with Crippen LogP contribution in [0.5, 0.6) is 0 Å². The van der Waals surface area contributed by atoms with E-state index in [2.05, 4.69) is 15.9 Å². The number of halogens is 1. The zero-order chi connectivity index (χ0) is 8.43. The number of nitrogens with two attached hydrogens (primary N) is 1. The molecule has 4 heteroatoms. The maximum Gasteiger partial charge on any atom is 0.250 e. The van der Waals surface area contributed by atoms with E-state index in [9.17, 15) is 4.79 Å². The van der Waals surface area contributed by atoms with Crippen molar-refractivity contribution in [1.82, 2.24) is 4.57 Å². The van der Waals surface area contributed by atoms with Crippen molar-refractivity contribution >= 4 is 15.9 Å². The van der Waals surface area contributed by atoms with Gasteiger partial charge in [-0.25, -0.2) is 0 Å². The van der Waals surface area contributed by atoms with Gasteiger partial charge in [0, 0.05) is 30.3 Å². The van der Waals surface area contributed by atoms with Gasteiger partial charge in [-0.3, -0.25) is 4.79 Å². The first-order valence-corrected chi connectivity index (χ1v) is 3.99. The average Bonchev–Trinajstić information content (AvgIpc) is 1.97. The van der Waals surface area contributed by atoms with Gasteiger partial charge in [0.05, 0.1) is 0 Å². The van der Waals surface area contributed by atoms with Crippen molar-refractivity contribution in [2.24, 2.45) is 12.8 Å². The summed E-state index contributed by atoms with van der Waals surface area (Å²) in [5.74, 6) is 0. The highest BCUT2D eigenvalue weighted by Gasteiger charge is 1.99. The van der Waals surface area contributed by atoms with Crippen LogP contribution in [-0.2, 0) is 13.6 Å². The zero-order valence-corrected chi connectivity index (χ0v) is 7.76. The Morgan fingerprint density at radius 3 is 2.91 bits per heavy atom. The van der Waals surface area contributed by atoms with Gasteiger partial charge in [-0.15, -0.1) is 0 Å². The van der Waals surface area contributed by atoms with Crippen LogP contribution in [0.4, 0.5) is 0 Å². The fraction of sp³-hybridized carbons (Fsp3) is 0.286. The predicted molar refractivity (Wildman–Crippen MR) is 47.3 cm³/mol. The first-order chi connectivity index (χ1) is 5.15. The molecule has 0 saturated heterocycles. The quantitative estimate of drug-likeness (QED) is 0.748. The Labute approximate surface area is 73.0 Å². The van der Waals surface area contributed by atoms with Gasteiger partial charge in [0.15, 0.2) is 0 Å². The molecule has 0 fully saturated rings.